The number of amides is 4. The first kappa shape index (κ1) is 33.4. The average Bonchev–Trinajstić information content (AvgIpc) is 3.02. The van der Waals surface area contributed by atoms with Gasteiger partial charge in [-0.25, -0.2) is 4.79 Å². The van der Waals surface area contributed by atoms with Crippen molar-refractivity contribution in [3.8, 4) is 11.5 Å². The van der Waals surface area contributed by atoms with Gasteiger partial charge in [0, 0.05) is 31.0 Å². The molecule has 0 bridgehead atoms. The molecule has 3 rings (SSSR count). The van der Waals surface area contributed by atoms with Gasteiger partial charge in [-0.15, -0.1) is 0 Å². The largest absolute Gasteiger partial charge is 0.497 e. The Bertz CT molecular complexity index is 1460. The fourth-order valence-electron chi connectivity index (χ4n) is 4.22. The van der Waals surface area contributed by atoms with Crippen molar-refractivity contribution in [3.63, 3.8) is 0 Å². The fourth-order valence-corrected chi connectivity index (χ4v) is 4.22. The van der Waals surface area contributed by atoms with E-state index in [9.17, 15) is 24.3 Å². The first-order valence-corrected chi connectivity index (χ1v) is 14.3. The molecule has 3 N–H and O–H groups in total. The number of carboxylic acids is 1. The number of hydrogen-bond donors (Lipinski definition) is 3. The maximum Gasteiger partial charge on any atom is 0.319 e. The van der Waals surface area contributed by atoms with Crippen LogP contribution in [0, 0.1) is 5.92 Å². The summed E-state index contributed by atoms with van der Waals surface area (Å²) in [5.74, 6) is -1.11. The summed E-state index contributed by atoms with van der Waals surface area (Å²) in [7, 11) is 3.20. The maximum atomic E-state index is 13.5. The first-order chi connectivity index (χ1) is 21.0. The van der Waals surface area contributed by atoms with Crippen LogP contribution in [0.25, 0.3) is 0 Å². The van der Waals surface area contributed by atoms with Gasteiger partial charge in [0.1, 0.15) is 11.5 Å². The van der Waals surface area contributed by atoms with Crippen LogP contribution in [-0.4, -0.2) is 62.8 Å². The lowest BCUT2D eigenvalue weighted by molar-refractivity contribution is -0.138. The van der Waals surface area contributed by atoms with Gasteiger partial charge in [-0.3, -0.25) is 14.4 Å². The summed E-state index contributed by atoms with van der Waals surface area (Å²) in [6.45, 7) is 5.44. The number of anilines is 3. The Morgan fingerprint density at radius 2 is 1.64 bits per heavy atom. The third-order valence-electron chi connectivity index (χ3n) is 6.97. The second kappa shape index (κ2) is 16.0. The van der Waals surface area contributed by atoms with Crippen molar-refractivity contribution in [2.45, 2.75) is 33.1 Å². The van der Waals surface area contributed by atoms with Gasteiger partial charge in [0.15, 0.2) is 6.61 Å². The van der Waals surface area contributed by atoms with Crippen LogP contribution in [0.4, 0.5) is 21.9 Å². The van der Waals surface area contributed by atoms with Crippen LogP contribution in [0.1, 0.15) is 38.7 Å². The van der Waals surface area contributed by atoms with Crippen molar-refractivity contribution < 1.29 is 33.8 Å². The van der Waals surface area contributed by atoms with Gasteiger partial charge >= 0.3 is 12.0 Å². The molecule has 3 aromatic rings. The SMILES string of the molecule is COc1cccc(N(C)C(=O)COc2ccccc2N(CCC(C)C)C(=O)CNC(=O)Nc2cccc(C(C)C(=O)O)c2)c1. The molecule has 1 unspecified atom stereocenters. The Labute approximate surface area is 257 Å². The van der Waals surface area contributed by atoms with Crippen LogP contribution < -0.4 is 29.9 Å². The van der Waals surface area contributed by atoms with E-state index in [2.05, 4.69) is 10.6 Å². The number of methoxy groups -OCH3 is 1. The zero-order valence-corrected chi connectivity index (χ0v) is 25.7. The molecule has 0 aliphatic carbocycles. The van der Waals surface area contributed by atoms with Crippen molar-refractivity contribution >= 4 is 40.9 Å². The number of carboxylic acid groups (broad SMARTS) is 1. The topological polar surface area (TPSA) is 138 Å². The molecule has 0 aliphatic heterocycles. The number of nitrogens with one attached hydrogen (secondary N) is 2. The molecule has 0 aromatic heterocycles. The van der Waals surface area contributed by atoms with Crippen LogP contribution in [-0.2, 0) is 14.4 Å². The van der Waals surface area contributed by atoms with E-state index in [4.69, 9.17) is 9.47 Å². The second-order valence-electron chi connectivity index (χ2n) is 10.6. The van der Waals surface area contributed by atoms with Gasteiger partial charge in [0.05, 0.1) is 25.3 Å². The number of ether oxygens (including phenoxy) is 2. The minimum Gasteiger partial charge on any atom is -0.497 e. The van der Waals surface area contributed by atoms with E-state index >= 15 is 0 Å². The summed E-state index contributed by atoms with van der Waals surface area (Å²) in [5, 5.41) is 14.5. The molecular weight excluding hydrogens is 564 g/mol. The standard InChI is InChI=1S/C33H40N4O7/c1-22(2)16-17-37(30(38)20-34-33(42)35-25-11-8-10-24(18-25)23(3)32(40)41)28-14-6-7-15-29(28)44-21-31(39)36(4)26-12-9-13-27(19-26)43-5/h6-15,18-19,22-23H,16-17,20-21H2,1-5H3,(H,40,41)(H2,34,35,42). The summed E-state index contributed by atoms with van der Waals surface area (Å²) < 4.78 is 11.2. The zero-order valence-electron chi connectivity index (χ0n) is 25.7. The van der Waals surface area contributed by atoms with E-state index in [1.807, 2.05) is 13.8 Å². The average molecular weight is 605 g/mol. The normalized spacial score (nSPS) is 11.3. The van der Waals surface area contributed by atoms with Gasteiger partial charge in [-0.1, -0.05) is 44.2 Å². The zero-order chi connectivity index (χ0) is 32.2. The molecule has 0 saturated carbocycles. The van der Waals surface area contributed by atoms with Crippen LogP contribution in [0.5, 0.6) is 11.5 Å². The summed E-state index contributed by atoms with van der Waals surface area (Å²) in [4.78, 5) is 53.4. The predicted molar refractivity (Wildman–Crippen MR) is 170 cm³/mol. The smallest absolute Gasteiger partial charge is 0.319 e. The Morgan fingerprint density at radius 3 is 2.34 bits per heavy atom. The summed E-state index contributed by atoms with van der Waals surface area (Å²) >= 11 is 0. The molecule has 234 valence electrons. The lowest BCUT2D eigenvalue weighted by atomic mass is 10.0. The van der Waals surface area contributed by atoms with E-state index in [0.717, 1.165) is 0 Å². The highest BCUT2D eigenvalue weighted by Crippen LogP contribution is 2.29. The molecule has 0 fully saturated rings. The number of hydrogen-bond acceptors (Lipinski definition) is 6. The van der Waals surface area contributed by atoms with Crippen molar-refractivity contribution in [2.24, 2.45) is 5.92 Å². The molecule has 0 aliphatic rings. The van der Waals surface area contributed by atoms with Crippen molar-refractivity contribution in [2.75, 3.05) is 49.0 Å². The Hall–Kier alpha value is -5.06. The monoisotopic (exact) mass is 604 g/mol. The lowest BCUT2D eigenvalue weighted by Crippen LogP contribution is -2.42. The molecule has 0 heterocycles. The number of nitrogens with zero attached hydrogens (tertiary/aromatic N) is 2. The number of rotatable bonds is 14. The molecule has 11 nitrogen and oxygen atoms in total. The molecule has 1 atom stereocenters. The van der Waals surface area contributed by atoms with E-state index < -0.39 is 17.9 Å². The van der Waals surface area contributed by atoms with E-state index in [1.165, 1.54) is 4.90 Å². The van der Waals surface area contributed by atoms with E-state index in [0.29, 0.717) is 53.0 Å². The summed E-state index contributed by atoms with van der Waals surface area (Å²) in [5.41, 5.74) is 2.07. The molecule has 4 amide bonds. The van der Waals surface area contributed by atoms with Crippen LogP contribution >= 0.6 is 0 Å². The Kier molecular flexibility index (Phi) is 12.1. The van der Waals surface area contributed by atoms with E-state index in [-0.39, 0.29) is 25.0 Å². The van der Waals surface area contributed by atoms with E-state index in [1.54, 1.807) is 98.8 Å². The van der Waals surface area contributed by atoms with Gasteiger partial charge in [0.25, 0.3) is 5.91 Å². The number of carbonyl (C=O) groups is 4. The Morgan fingerprint density at radius 1 is 0.909 bits per heavy atom. The molecule has 3 aromatic carbocycles. The van der Waals surface area contributed by atoms with Gasteiger partial charge in [-0.2, -0.15) is 0 Å². The molecule has 0 saturated heterocycles. The second-order valence-corrected chi connectivity index (χ2v) is 10.6. The molecule has 44 heavy (non-hydrogen) atoms. The Balaban J connectivity index is 1.69. The number of para-hydroxylation sites is 2. The highest BCUT2D eigenvalue weighted by molar-refractivity contribution is 5.99. The first-order valence-electron chi connectivity index (χ1n) is 14.3. The predicted octanol–water partition coefficient (Wildman–Crippen LogP) is 5.13. The van der Waals surface area contributed by atoms with Gasteiger partial charge in [0.2, 0.25) is 5.91 Å². The van der Waals surface area contributed by atoms with Crippen molar-refractivity contribution in [1.82, 2.24) is 5.32 Å². The number of aliphatic carboxylic acids is 1. The van der Waals surface area contributed by atoms with Crippen molar-refractivity contribution in [1.29, 1.82) is 0 Å². The van der Waals surface area contributed by atoms with Gasteiger partial charge in [-0.05, 0) is 61.2 Å². The molecular formula is C33H40N4O7. The summed E-state index contributed by atoms with van der Waals surface area (Å²) in [6, 6.07) is 20.0. The highest BCUT2D eigenvalue weighted by atomic mass is 16.5. The number of urea groups is 1. The van der Waals surface area contributed by atoms with Crippen LogP contribution in [0.2, 0.25) is 0 Å². The molecule has 0 radical (unpaired) electrons. The summed E-state index contributed by atoms with van der Waals surface area (Å²) in [6.07, 6.45) is 0.693. The number of benzene rings is 3. The van der Waals surface area contributed by atoms with Crippen LogP contribution in [0.3, 0.4) is 0 Å². The number of likely N-dealkylation sites (N-methyl/N-ethyl adjacent to an activating group) is 1. The fraction of sp³-hybridized carbons (Fsp3) is 0.333. The van der Waals surface area contributed by atoms with Crippen LogP contribution in [0.15, 0.2) is 72.8 Å². The quantitative estimate of drug-likeness (QED) is 0.232. The minimum absolute atomic E-state index is 0.267. The van der Waals surface area contributed by atoms with Crippen molar-refractivity contribution in [3.05, 3.63) is 78.4 Å². The third kappa shape index (κ3) is 9.48. The highest BCUT2D eigenvalue weighted by Gasteiger charge is 2.22. The lowest BCUT2D eigenvalue weighted by Gasteiger charge is -2.26. The minimum atomic E-state index is -0.976. The number of carbonyl (C=O) groups excluding carboxylic acids is 3. The molecule has 11 heteroatoms. The maximum absolute atomic E-state index is 13.5. The third-order valence-corrected chi connectivity index (χ3v) is 6.97. The molecule has 0 spiro atoms. The van der Waals surface area contributed by atoms with Gasteiger partial charge < -0.3 is 35.0 Å².